The van der Waals surface area contributed by atoms with Crippen LogP contribution in [0.3, 0.4) is 0 Å². The van der Waals surface area contributed by atoms with Crippen molar-refractivity contribution in [2.75, 3.05) is 34.3 Å². The highest BCUT2D eigenvalue weighted by atomic mass is 16.5. The zero-order valence-corrected chi connectivity index (χ0v) is 11.8. The second-order valence-corrected chi connectivity index (χ2v) is 4.70. The van der Waals surface area contributed by atoms with Gasteiger partial charge in [0.1, 0.15) is 5.75 Å². The lowest BCUT2D eigenvalue weighted by atomic mass is 10.0. The first-order chi connectivity index (χ1) is 8.45. The van der Waals surface area contributed by atoms with E-state index in [9.17, 15) is 4.79 Å². The van der Waals surface area contributed by atoms with Gasteiger partial charge in [0.25, 0.3) is 5.91 Å². The smallest absolute Gasteiger partial charge is 0.251 e. The molecule has 0 radical (unpaired) electrons. The van der Waals surface area contributed by atoms with Gasteiger partial charge in [-0.3, -0.25) is 4.79 Å². The molecule has 1 amide bonds. The number of rotatable bonds is 5. The van der Waals surface area contributed by atoms with E-state index in [4.69, 9.17) is 4.74 Å². The molecule has 4 heteroatoms. The molecule has 1 aromatic carbocycles. The molecule has 100 valence electrons. The molecule has 0 unspecified atom stereocenters. The van der Waals surface area contributed by atoms with Crippen LogP contribution in [0.4, 0.5) is 0 Å². The zero-order valence-electron chi connectivity index (χ0n) is 11.8. The Hall–Kier alpha value is -1.55. The zero-order chi connectivity index (χ0) is 13.7. The average molecular weight is 250 g/mol. The summed E-state index contributed by atoms with van der Waals surface area (Å²) in [6.07, 6.45) is 0. The van der Waals surface area contributed by atoms with Gasteiger partial charge in [-0.1, -0.05) is 0 Å². The summed E-state index contributed by atoms with van der Waals surface area (Å²) in [4.78, 5) is 14.1. The fourth-order valence-electron chi connectivity index (χ4n) is 1.74. The summed E-state index contributed by atoms with van der Waals surface area (Å²) in [6.45, 7) is 5.34. The van der Waals surface area contributed by atoms with E-state index in [2.05, 4.69) is 5.32 Å². The highest BCUT2D eigenvalue weighted by molar-refractivity contribution is 5.96. The Bertz CT molecular complexity index is 428. The quantitative estimate of drug-likeness (QED) is 0.863. The summed E-state index contributed by atoms with van der Waals surface area (Å²) in [6, 6.07) is 3.77. The SMILES string of the molecule is COc1cc(C)c(C(=O)NCCN(C)C)cc1C. The third-order valence-electron chi connectivity index (χ3n) is 2.83. The molecule has 0 saturated carbocycles. The van der Waals surface area contributed by atoms with Gasteiger partial charge in [0.2, 0.25) is 0 Å². The number of nitrogens with one attached hydrogen (secondary N) is 1. The molecule has 0 spiro atoms. The Labute approximate surface area is 109 Å². The molecule has 0 heterocycles. The number of hydrogen-bond donors (Lipinski definition) is 1. The number of hydrogen-bond acceptors (Lipinski definition) is 3. The van der Waals surface area contributed by atoms with E-state index < -0.39 is 0 Å². The van der Waals surface area contributed by atoms with Gasteiger partial charge in [0.15, 0.2) is 0 Å². The molecule has 0 aromatic heterocycles. The van der Waals surface area contributed by atoms with E-state index in [-0.39, 0.29) is 5.91 Å². The fraction of sp³-hybridized carbons (Fsp3) is 0.500. The van der Waals surface area contributed by atoms with Crippen LogP contribution >= 0.6 is 0 Å². The van der Waals surface area contributed by atoms with Crippen LogP contribution in [0.15, 0.2) is 12.1 Å². The van der Waals surface area contributed by atoms with Gasteiger partial charge in [-0.2, -0.15) is 0 Å². The van der Waals surface area contributed by atoms with Gasteiger partial charge in [-0.05, 0) is 51.2 Å². The van der Waals surface area contributed by atoms with E-state index in [0.717, 1.165) is 23.4 Å². The van der Waals surface area contributed by atoms with E-state index >= 15 is 0 Å². The number of benzene rings is 1. The Kier molecular flexibility index (Phi) is 5.16. The summed E-state index contributed by atoms with van der Waals surface area (Å²) in [5, 5.41) is 2.91. The number of aryl methyl sites for hydroxylation is 2. The molecule has 0 aliphatic heterocycles. The van der Waals surface area contributed by atoms with Crippen LogP contribution in [0.1, 0.15) is 21.5 Å². The van der Waals surface area contributed by atoms with Gasteiger partial charge in [0.05, 0.1) is 7.11 Å². The molecule has 0 aliphatic carbocycles. The second-order valence-electron chi connectivity index (χ2n) is 4.70. The maximum atomic E-state index is 12.0. The van der Waals surface area contributed by atoms with Gasteiger partial charge < -0.3 is 15.0 Å². The molecule has 0 fully saturated rings. The normalized spacial score (nSPS) is 10.6. The molecule has 1 rings (SSSR count). The maximum absolute atomic E-state index is 12.0. The first kappa shape index (κ1) is 14.5. The van der Waals surface area contributed by atoms with Crippen LogP contribution in [0.2, 0.25) is 0 Å². The molecule has 4 nitrogen and oxygen atoms in total. The van der Waals surface area contributed by atoms with Crippen LogP contribution in [-0.2, 0) is 0 Å². The number of carbonyl (C=O) groups is 1. The molecule has 0 saturated heterocycles. The highest BCUT2D eigenvalue weighted by Crippen LogP contribution is 2.22. The molecule has 0 bridgehead atoms. The number of likely N-dealkylation sites (N-methyl/N-ethyl adjacent to an activating group) is 1. The first-order valence-electron chi connectivity index (χ1n) is 6.04. The fourth-order valence-corrected chi connectivity index (χ4v) is 1.74. The van der Waals surface area contributed by atoms with E-state index in [1.165, 1.54) is 0 Å². The molecule has 1 aromatic rings. The topological polar surface area (TPSA) is 41.6 Å². The van der Waals surface area contributed by atoms with Crippen molar-refractivity contribution in [3.63, 3.8) is 0 Å². The summed E-state index contributed by atoms with van der Waals surface area (Å²) in [7, 11) is 5.60. The van der Waals surface area contributed by atoms with Crippen LogP contribution in [0.25, 0.3) is 0 Å². The number of carbonyl (C=O) groups excluding carboxylic acids is 1. The lowest BCUT2D eigenvalue weighted by molar-refractivity contribution is 0.0950. The van der Waals surface area contributed by atoms with Gasteiger partial charge in [-0.25, -0.2) is 0 Å². The standard InChI is InChI=1S/C14H22N2O2/c1-10-9-13(18-5)11(2)8-12(10)14(17)15-6-7-16(3)4/h8-9H,6-7H2,1-5H3,(H,15,17). The van der Waals surface area contributed by atoms with Crippen molar-refractivity contribution in [3.8, 4) is 5.75 Å². The molecular weight excluding hydrogens is 228 g/mol. The van der Waals surface area contributed by atoms with Crippen molar-refractivity contribution < 1.29 is 9.53 Å². The number of ether oxygens (including phenoxy) is 1. The third kappa shape index (κ3) is 3.74. The predicted molar refractivity (Wildman–Crippen MR) is 73.4 cm³/mol. The minimum atomic E-state index is -0.0277. The average Bonchev–Trinajstić information content (AvgIpc) is 2.30. The second kappa shape index (κ2) is 6.40. The lowest BCUT2D eigenvalue weighted by Crippen LogP contribution is -2.31. The van der Waals surface area contributed by atoms with E-state index in [1.807, 2.05) is 45.0 Å². The van der Waals surface area contributed by atoms with Crippen molar-refractivity contribution in [2.45, 2.75) is 13.8 Å². The Morgan fingerprint density at radius 1 is 1.28 bits per heavy atom. The Balaban J connectivity index is 2.77. The van der Waals surface area contributed by atoms with Gasteiger partial charge in [-0.15, -0.1) is 0 Å². The van der Waals surface area contributed by atoms with Crippen LogP contribution < -0.4 is 10.1 Å². The number of amides is 1. The molecule has 1 N–H and O–H groups in total. The first-order valence-corrected chi connectivity index (χ1v) is 6.04. The maximum Gasteiger partial charge on any atom is 0.251 e. The van der Waals surface area contributed by atoms with Gasteiger partial charge >= 0.3 is 0 Å². The van der Waals surface area contributed by atoms with E-state index in [0.29, 0.717) is 12.1 Å². The van der Waals surface area contributed by atoms with Crippen LogP contribution in [-0.4, -0.2) is 45.1 Å². The molecule has 0 aliphatic rings. The van der Waals surface area contributed by atoms with E-state index in [1.54, 1.807) is 7.11 Å². The molecule has 0 atom stereocenters. The number of methoxy groups -OCH3 is 1. The van der Waals surface area contributed by atoms with Crippen LogP contribution in [0.5, 0.6) is 5.75 Å². The molecule has 18 heavy (non-hydrogen) atoms. The minimum Gasteiger partial charge on any atom is -0.496 e. The monoisotopic (exact) mass is 250 g/mol. The van der Waals surface area contributed by atoms with Gasteiger partial charge in [0, 0.05) is 18.7 Å². The summed E-state index contributed by atoms with van der Waals surface area (Å²) >= 11 is 0. The third-order valence-corrected chi connectivity index (χ3v) is 2.83. The minimum absolute atomic E-state index is 0.0277. The van der Waals surface area contributed by atoms with Crippen molar-refractivity contribution in [2.24, 2.45) is 0 Å². The summed E-state index contributed by atoms with van der Waals surface area (Å²) in [5.74, 6) is 0.789. The van der Waals surface area contributed by atoms with Crippen molar-refractivity contribution >= 4 is 5.91 Å². The Morgan fingerprint density at radius 3 is 2.50 bits per heavy atom. The van der Waals surface area contributed by atoms with Crippen molar-refractivity contribution in [1.82, 2.24) is 10.2 Å². The lowest BCUT2D eigenvalue weighted by Gasteiger charge is -2.13. The van der Waals surface area contributed by atoms with Crippen LogP contribution in [0, 0.1) is 13.8 Å². The highest BCUT2D eigenvalue weighted by Gasteiger charge is 2.11. The Morgan fingerprint density at radius 2 is 1.94 bits per heavy atom. The molecular formula is C14H22N2O2. The number of nitrogens with zero attached hydrogens (tertiary/aromatic N) is 1. The largest absolute Gasteiger partial charge is 0.496 e. The predicted octanol–water partition coefficient (Wildman–Crippen LogP) is 1.60. The summed E-state index contributed by atoms with van der Waals surface area (Å²) in [5.41, 5.74) is 2.62. The van der Waals surface area contributed by atoms with Crippen molar-refractivity contribution in [3.05, 3.63) is 28.8 Å². The summed E-state index contributed by atoms with van der Waals surface area (Å²) < 4.78 is 5.23. The van der Waals surface area contributed by atoms with Crippen molar-refractivity contribution in [1.29, 1.82) is 0 Å².